The minimum absolute atomic E-state index is 0.356. The number of nitrogens with zero attached hydrogens (tertiary/aromatic N) is 1. The molecule has 1 aromatic carbocycles. The zero-order chi connectivity index (χ0) is 19.5. The van der Waals surface area contributed by atoms with Gasteiger partial charge in [0.2, 0.25) is 0 Å². The lowest BCUT2D eigenvalue weighted by molar-refractivity contribution is 0.0732. The van der Waals surface area contributed by atoms with Gasteiger partial charge in [-0.3, -0.25) is 4.99 Å². The predicted octanol–water partition coefficient (Wildman–Crippen LogP) is 3.36. The van der Waals surface area contributed by atoms with Crippen LogP contribution in [0.2, 0.25) is 0 Å². The van der Waals surface area contributed by atoms with Crippen LogP contribution in [0.5, 0.6) is 11.5 Å². The first kappa shape index (κ1) is 21.4. The molecule has 0 heterocycles. The lowest BCUT2D eigenvalue weighted by Crippen LogP contribution is -2.46. The first-order valence-electron chi connectivity index (χ1n) is 9.89. The number of ether oxygens (including phenoxy) is 3. The second-order valence-electron chi connectivity index (χ2n) is 7.21. The largest absolute Gasteiger partial charge is 0.493 e. The zero-order valence-corrected chi connectivity index (χ0v) is 17.3. The van der Waals surface area contributed by atoms with E-state index >= 15 is 0 Å². The minimum atomic E-state index is 0.356. The van der Waals surface area contributed by atoms with Crippen LogP contribution in [0.25, 0.3) is 0 Å². The van der Waals surface area contributed by atoms with Crippen LogP contribution in [0.4, 0.5) is 0 Å². The molecule has 2 rings (SSSR count). The molecule has 6 nitrogen and oxygen atoms in total. The number of hydrogen-bond donors (Lipinski definition) is 2. The molecule has 1 fully saturated rings. The Morgan fingerprint density at radius 2 is 1.96 bits per heavy atom. The fourth-order valence-electron chi connectivity index (χ4n) is 3.34. The summed E-state index contributed by atoms with van der Waals surface area (Å²) in [4.78, 5) is 4.35. The summed E-state index contributed by atoms with van der Waals surface area (Å²) in [6.07, 6.45) is 5.90. The minimum Gasteiger partial charge on any atom is -0.493 e. The topological polar surface area (TPSA) is 64.1 Å². The van der Waals surface area contributed by atoms with E-state index in [1.165, 1.54) is 19.3 Å². The maximum absolute atomic E-state index is 5.71. The van der Waals surface area contributed by atoms with E-state index in [1.807, 2.05) is 12.1 Å². The highest BCUT2D eigenvalue weighted by atomic mass is 16.5. The van der Waals surface area contributed by atoms with E-state index in [0.29, 0.717) is 18.6 Å². The van der Waals surface area contributed by atoms with Crippen molar-refractivity contribution in [3.8, 4) is 11.5 Å². The zero-order valence-electron chi connectivity index (χ0n) is 17.3. The average Bonchev–Trinajstić information content (AvgIpc) is 2.67. The first-order valence-corrected chi connectivity index (χ1v) is 9.89. The molecule has 1 aliphatic rings. The molecule has 0 spiro atoms. The number of methoxy groups -OCH3 is 2. The highest BCUT2D eigenvalue weighted by molar-refractivity contribution is 5.79. The van der Waals surface area contributed by atoms with Crippen LogP contribution in [0, 0.1) is 5.41 Å². The van der Waals surface area contributed by atoms with Crippen molar-refractivity contribution in [2.24, 2.45) is 10.4 Å². The fourth-order valence-corrected chi connectivity index (χ4v) is 3.34. The first-order chi connectivity index (χ1) is 13.2. The molecule has 1 saturated carbocycles. The van der Waals surface area contributed by atoms with Gasteiger partial charge in [0.15, 0.2) is 17.5 Å². The third-order valence-electron chi connectivity index (χ3n) is 5.25. The van der Waals surface area contributed by atoms with Crippen LogP contribution < -0.4 is 20.1 Å². The van der Waals surface area contributed by atoms with E-state index in [2.05, 4.69) is 28.6 Å². The molecule has 0 radical (unpaired) electrons. The van der Waals surface area contributed by atoms with Gasteiger partial charge in [-0.25, -0.2) is 0 Å². The van der Waals surface area contributed by atoms with Crippen LogP contribution in [0.15, 0.2) is 23.2 Å². The average molecular weight is 378 g/mol. The maximum atomic E-state index is 5.71. The van der Waals surface area contributed by atoms with E-state index in [4.69, 9.17) is 14.2 Å². The Bertz CT molecular complexity index is 600. The summed E-state index contributed by atoms with van der Waals surface area (Å²) in [6, 6.07) is 6.03. The van der Waals surface area contributed by atoms with Crippen LogP contribution in [-0.4, -0.2) is 47.0 Å². The van der Waals surface area contributed by atoms with Gasteiger partial charge in [-0.1, -0.05) is 19.4 Å². The highest BCUT2D eigenvalue weighted by Gasteiger charge is 2.36. The van der Waals surface area contributed by atoms with Crippen molar-refractivity contribution in [2.75, 3.05) is 41.0 Å². The smallest absolute Gasteiger partial charge is 0.191 e. The summed E-state index contributed by atoms with van der Waals surface area (Å²) in [5.41, 5.74) is 1.48. The second kappa shape index (κ2) is 11.0. The van der Waals surface area contributed by atoms with Gasteiger partial charge in [0, 0.05) is 33.9 Å². The Kier molecular flexibility index (Phi) is 8.72. The van der Waals surface area contributed by atoms with Gasteiger partial charge in [-0.15, -0.1) is 0 Å². The molecule has 0 bridgehead atoms. The van der Waals surface area contributed by atoms with Crippen molar-refractivity contribution in [3.05, 3.63) is 23.8 Å². The summed E-state index contributed by atoms with van der Waals surface area (Å²) in [5, 5.41) is 6.87. The van der Waals surface area contributed by atoms with Crippen molar-refractivity contribution in [1.29, 1.82) is 0 Å². The standard InChI is InChI=1S/C21H35N3O3/c1-5-12-27-18-8-7-17(14-19(18)26-4)15-23-20(22-2)24-16-21(9-6-10-21)11-13-25-3/h7-8,14H,5-6,9-13,15-16H2,1-4H3,(H2,22,23,24). The van der Waals surface area contributed by atoms with Crippen LogP contribution in [-0.2, 0) is 11.3 Å². The van der Waals surface area contributed by atoms with Crippen molar-refractivity contribution >= 4 is 5.96 Å². The number of hydrogen-bond acceptors (Lipinski definition) is 4. The Labute approximate surface area is 163 Å². The molecular weight excluding hydrogens is 342 g/mol. The Morgan fingerprint density at radius 3 is 2.56 bits per heavy atom. The number of guanidine groups is 1. The van der Waals surface area contributed by atoms with E-state index in [0.717, 1.165) is 49.0 Å². The summed E-state index contributed by atoms with van der Waals surface area (Å²) in [6.45, 7) is 5.21. The van der Waals surface area contributed by atoms with Gasteiger partial charge in [-0.2, -0.15) is 0 Å². The molecule has 0 unspecified atom stereocenters. The molecule has 0 atom stereocenters. The maximum Gasteiger partial charge on any atom is 0.191 e. The molecular formula is C21H35N3O3. The van der Waals surface area contributed by atoms with Gasteiger partial charge < -0.3 is 24.8 Å². The molecule has 152 valence electrons. The quantitative estimate of drug-likeness (QED) is 0.457. The summed E-state index contributed by atoms with van der Waals surface area (Å²) < 4.78 is 16.4. The van der Waals surface area contributed by atoms with Crippen molar-refractivity contribution < 1.29 is 14.2 Å². The molecule has 0 aromatic heterocycles. The molecule has 1 aromatic rings. The third kappa shape index (κ3) is 6.31. The molecule has 27 heavy (non-hydrogen) atoms. The van der Waals surface area contributed by atoms with Crippen molar-refractivity contribution in [1.82, 2.24) is 10.6 Å². The second-order valence-corrected chi connectivity index (χ2v) is 7.21. The third-order valence-corrected chi connectivity index (χ3v) is 5.25. The van der Waals surface area contributed by atoms with E-state index < -0.39 is 0 Å². The SMILES string of the molecule is CCCOc1ccc(CNC(=NC)NCC2(CCOC)CCC2)cc1OC. The number of aliphatic imine (C=N–C) groups is 1. The van der Waals surface area contributed by atoms with Crippen molar-refractivity contribution in [2.45, 2.75) is 45.6 Å². The van der Waals surface area contributed by atoms with Crippen LogP contribution in [0.1, 0.15) is 44.6 Å². The Morgan fingerprint density at radius 1 is 1.15 bits per heavy atom. The molecule has 2 N–H and O–H groups in total. The van der Waals surface area contributed by atoms with Gasteiger partial charge >= 0.3 is 0 Å². The number of rotatable bonds is 11. The van der Waals surface area contributed by atoms with Gasteiger partial charge in [-0.05, 0) is 48.8 Å². The lowest BCUT2D eigenvalue weighted by atomic mass is 9.67. The molecule has 0 saturated heterocycles. The monoisotopic (exact) mass is 377 g/mol. The number of nitrogens with one attached hydrogen (secondary N) is 2. The van der Waals surface area contributed by atoms with Crippen LogP contribution in [0.3, 0.4) is 0 Å². The fraction of sp³-hybridized carbons (Fsp3) is 0.667. The van der Waals surface area contributed by atoms with Gasteiger partial charge in [0.05, 0.1) is 13.7 Å². The van der Waals surface area contributed by atoms with Gasteiger partial charge in [0.1, 0.15) is 0 Å². The predicted molar refractivity (Wildman–Crippen MR) is 110 cm³/mol. The van der Waals surface area contributed by atoms with E-state index in [-0.39, 0.29) is 0 Å². The van der Waals surface area contributed by atoms with E-state index in [9.17, 15) is 0 Å². The lowest BCUT2D eigenvalue weighted by Gasteiger charge is -2.42. The number of benzene rings is 1. The summed E-state index contributed by atoms with van der Waals surface area (Å²) >= 11 is 0. The Hall–Kier alpha value is -1.95. The Balaban J connectivity index is 1.86. The summed E-state index contributed by atoms with van der Waals surface area (Å²) in [5.74, 6) is 2.37. The normalized spacial score (nSPS) is 15.8. The molecule has 6 heteroatoms. The van der Waals surface area contributed by atoms with Gasteiger partial charge in [0.25, 0.3) is 0 Å². The molecule has 0 amide bonds. The highest BCUT2D eigenvalue weighted by Crippen LogP contribution is 2.43. The van der Waals surface area contributed by atoms with E-state index in [1.54, 1.807) is 21.3 Å². The van der Waals surface area contributed by atoms with Crippen LogP contribution >= 0.6 is 0 Å². The molecule has 1 aliphatic carbocycles. The summed E-state index contributed by atoms with van der Waals surface area (Å²) in [7, 11) is 5.25. The molecule has 0 aliphatic heterocycles. The van der Waals surface area contributed by atoms with Crippen molar-refractivity contribution in [3.63, 3.8) is 0 Å².